The third kappa shape index (κ3) is 3.97. The largest absolute Gasteiger partial charge is 0.508 e. The Hall–Kier alpha value is -2.60. The minimum Gasteiger partial charge on any atom is -0.508 e. The Bertz CT molecular complexity index is 592. The Kier molecular flexibility index (Phi) is 4.30. The van der Waals surface area contributed by atoms with E-state index >= 15 is 0 Å². The lowest BCUT2D eigenvalue weighted by atomic mass is 10.1. The summed E-state index contributed by atoms with van der Waals surface area (Å²) in [6.07, 6.45) is 2.65. The van der Waals surface area contributed by atoms with Gasteiger partial charge in [0, 0.05) is 12.8 Å². The van der Waals surface area contributed by atoms with E-state index in [1.54, 1.807) is 24.3 Å². The minimum absolute atomic E-state index is 0.282. The molecule has 94 valence electrons. The third-order valence-corrected chi connectivity index (χ3v) is 2.75. The van der Waals surface area contributed by atoms with Crippen molar-refractivity contribution in [3.63, 3.8) is 0 Å². The van der Waals surface area contributed by atoms with Crippen molar-refractivity contribution >= 4 is 6.21 Å². The molecular weight excluding hydrogens is 236 g/mol. The Balaban J connectivity index is 1.86. The first-order valence-electron chi connectivity index (χ1n) is 6.06. The maximum atomic E-state index is 9.17. The number of nitrogens with zero attached hydrogens (tertiary/aromatic N) is 2. The number of phenols is 1. The summed E-state index contributed by atoms with van der Waals surface area (Å²) in [5.74, 6) is 0.282. The Morgan fingerprint density at radius 3 is 2.37 bits per heavy atom. The molecule has 0 amide bonds. The molecule has 0 saturated heterocycles. The molecule has 0 spiro atoms. The molecule has 0 unspecified atom stereocenters. The van der Waals surface area contributed by atoms with Crippen LogP contribution in [-0.4, -0.2) is 17.9 Å². The Morgan fingerprint density at radius 1 is 1.05 bits per heavy atom. The molecule has 0 radical (unpaired) electrons. The van der Waals surface area contributed by atoms with E-state index in [0.29, 0.717) is 12.1 Å². The number of benzene rings is 2. The summed E-state index contributed by atoms with van der Waals surface area (Å²) in [5, 5.41) is 17.9. The number of hydrogen-bond donors (Lipinski definition) is 1. The van der Waals surface area contributed by atoms with Gasteiger partial charge in [-0.2, -0.15) is 5.26 Å². The van der Waals surface area contributed by atoms with Crippen LogP contribution >= 0.6 is 0 Å². The van der Waals surface area contributed by atoms with Crippen LogP contribution < -0.4 is 0 Å². The van der Waals surface area contributed by atoms with E-state index in [1.807, 2.05) is 30.5 Å². The van der Waals surface area contributed by atoms with Gasteiger partial charge in [-0.3, -0.25) is 4.99 Å². The van der Waals surface area contributed by atoms with Gasteiger partial charge in [-0.05, 0) is 41.8 Å². The molecule has 0 saturated carbocycles. The quantitative estimate of drug-likeness (QED) is 0.848. The molecule has 0 aliphatic rings. The van der Waals surface area contributed by atoms with Gasteiger partial charge in [0.25, 0.3) is 0 Å². The van der Waals surface area contributed by atoms with Gasteiger partial charge < -0.3 is 5.11 Å². The molecule has 1 N–H and O–H groups in total. The predicted molar refractivity (Wildman–Crippen MR) is 75.4 cm³/mol. The van der Waals surface area contributed by atoms with Crippen LogP contribution in [0.2, 0.25) is 0 Å². The van der Waals surface area contributed by atoms with Gasteiger partial charge >= 0.3 is 0 Å². The number of hydrogen-bond acceptors (Lipinski definition) is 3. The van der Waals surface area contributed by atoms with Crippen LogP contribution in [0, 0.1) is 11.3 Å². The lowest BCUT2D eigenvalue weighted by molar-refractivity contribution is 0.475. The molecule has 2 aromatic rings. The van der Waals surface area contributed by atoms with Gasteiger partial charge in [-0.15, -0.1) is 0 Å². The van der Waals surface area contributed by atoms with Gasteiger partial charge in [0.1, 0.15) is 5.75 Å². The summed E-state index contributed by atoms with van der Waals surface area (Å²) in [5.41, 5.74) is 2.79. The van der Waals surface area contributed by atoms with Crippen molar-refractivity contribution < 1.29 is 5.11 Å². The standard InChI is InChI=1S/C16H14N2O/c17-11-14-1-3-15(4-2-14)12-18-10-9-13-5-7-16(19)8-6-13/h1-8,12,19H,9-10H2. The number of nitriles is 1. The van der Waals surface area contributed by atoms with Crippen molar-refractivity contribution in [2.45, 2.75) is 6.42 Å². The number of phenolic OH excluding ortho intramolecular Hbond substituents is 1. The van der Waals surface area contributed by atoms with Crippen molar-refractivity contribution in [2.75, 3.05) is 6.54 Å². The van der Waals surface area contributed by atoms with Crippen LogP contribution in [0.1, 0.15) is 16.7 Å². The highest BCUT2D eigenvalue weighted by Gasteiger charge is 1.93. The zero-order chi connectivity index (χ0) is 13.5. The molecule has 0 atom stereocenters. The average Bonchev–Trinajstić information content (AvgIpc) is 2.46. The van der Waals surface area contributed by atoms with E-state index in [4.69, 9.17) is 10.4 Å². The van der Waals surface area contributed by atoms with Gasteiger partial charge in [0.2, 0.25) is 0 Å². The van der Waals surface area contributed by atoms with Crippen LogP contribution in [0.5, 0.6) is 5.75 Å². The molecule has 3 nitrogen and oxygen atoms in total. The van der Waals surface area contributed by atoms with E-state index in [9.17, 15) is 0 Å². The second kappa shape index (κ2) is 6.36. The predicted octanol–water partition coefficient (Wildman–Crippen LogP) is 2.93. The maximum Gasteiger partial charge on any atom is 0.115 e. The summed E-state index contributed by atoms with van der Waals surface area (Å²) in [6.45, 7) is 0.699. The van der Waals surface area contributed by atoms with Crippen molar-refractivity contribution in [1.29, 1.82) is 5.26 Å². The summed E-state index contributed by atoms with van der Waals surface area (Å²) in [6, 6.07) is 16.5. The van der Waals surface area contributed by atoms with E-state index in [-0.39, 0.29) is 5.75 Å². The molecule has 3 heteroatoms. The van der Waals surface area contributed by atoms with E-state index < -0.39 is 0 Å². The SMILES string of the molecule is N#Cc1ccc(C=NCCc2ccc(O)cc2)cc1. The van der Waals surface area contributed by atoms with E-state index in [2.05, 4.69) is 11.1 Å². The molecule has 0 bridgehead atoms. The van der Waals surface area contributed by atoms with Crippen LogP contribution in [0.25, 0.3) is 0 Å². The molecule has 0 aliphatic heterocycles. The van der Waals surface area contributed by atoms with Crippen molar-refractivity contribution in [1.82, 2.24) is 0 Å². The summed E-state index contributed by atoms with van der Waals surface area (Å²) in [4.78, 5) is 4.34. The first kappa shape index (κ1) is 12.8. The van der Waals surface area contributed by atoms with Gasteiger partial charge in [0.15, 0.2) is 0 Å². The third-order valence-electron chi connectivity index (χ3n) is 2.75. The second-order valence-electron chi connectivity index (χ2n) is 4.19. The van der Waals surface area contributed by atoms with Crippen molar-refractivity contribution in [2.24, 2.45) is 4.99 Å². The molecule has 2 aromatic carbocycles. The zero-order valence-corrected chi connectivity index (χ0v) is 10.5. The van der Waals surface area contributed by atoms with Crippen LogP contribution in [-0.2, 0) is 6.42 Å². The van der Waals surface area contributed by atoms with E-state index in [1.165, 1.54) is 0 Å². The monoisotopic (exact) mass is 250 g/mol. The summed E-state index contributed by atoms with van der Waals surface area (Å²) in [7, 11) is 0. The van der Waals surface area contributed by atoms with Crippen LogP contribution in [0.3, 0.4) is 0 Å². The molecule has 0 aliphatic carbocycles. The summed E-state index contributed by atoms with van der Waals surface area (Å²) >= 11 is 0. The fourth-order valence-electron chi connectivity index (χ4n) is 1.67. The Labute approximate surface area is 112 Å². The second-order valence-corrected chi connectivity index (χ2v) is 4.19. The first-order valence-corrected chi connectivity index (χ1v) is 6.06. The average molecular weight is 250 g/mol. The van der Waals surface area contributed by atoms with E-state index in [0.717, 1.165) is 17.5 Å². The smallest absolute Gasteiger partial charge is 0.115 e. The highest BCUT2D eigenvalue weighted by Crippen LogP contribution is 2.10. The van der Waals surface area contributed by atoms with Crippen LogP contribution in [0.15, 0.2) is 53.5 Å². The number of aromatic hydroxyl groups is 1. The summed E-state index contributed by atoms with van der Waals surface area (Å²) < 4.78 is 0. The fourth-order valence-corrected chi connectivity index (χ4v) is 1.67. The minimum atomic E-state index is 0.282. The highest BCUT2D eigenvalue weighted by atomic mass is 16.3. The molecule has 0 heterocycles. The lowest BCUT2D eigenvalue weighted by Gasteiger charge is -1.98. The fraction of sp³-hybridized carbons (Fsp3) is 0.125. The molecular formula is C16H14N2O. The first-order chi connectivity index (χ1) is 9.28. The topological polar surface area (TPSA) is 56.4 Å². The van der Waals surface area contributed by atoms with Gasteiger partial charge in [-0.25, -0.2) is 0 Å². The normalized spacial score (nSPS) is 10.5. The highest BCUT2D eigenvalue weighted by molar-refractivity contribution is 5.79. The number of aliphatic imine (C=N–C) groups is 1. The molecule has 19 heavy (non-hydrogen) atoms. The van der Waals surface area contributed by atoms with Gasteiger partial charge in [-0.1, -0.05) is 24.3 Å². The van der Waals surface area contributed by atoms with Gasteiger partial charge in [0.05, 0.1) is 11.6 Å². The zero-order valence-electron chi connectivity index (χ0n) is 10.5. The molecule has 2 rings (SSSR count). The van der Waals surface area contributed by atoms with Crippen LogP contribution in [0.4, 0.5) is 0 Å². The maximum absolute atomic E-state index is 9.17. The van der Waals surface area contributed by atoms with Crippen molar-refractivity contribution in [3.05, 3.63) is 65.2 Å². The number of rotatable bonds is 4. The van der Waals surface area contributed by atoms with Crippen molar-refractivity contribution in [3.8, 4) is 11.8 Å². The molecule has 0 aromatic heterocycles. The molecule has 0 fully saturated rings. The lowest BCUT2D eigenvalue weighted by Crippen LogP contribution is -1.90. The Morgan fingerprint density at radius 2 is 1.74 bits per heavy atom.